The molecule has 1 heterocycles. The van der Waals surface area contributed by atoms with Crippen LogP contribution in [0.3, 0.4) is 0 Å². The van der Waals surface area contributed by atoms with E-state index in [-0.39, 0.29) is 17.3 Å². The Morgan fingerprint density at radius 1 is 1.43 bits per heavy atom. The zero-order chi connectivity index (χ0) is 10.1. The van der Waals surface area contributed by atoms with Crippen LogP contribution in [0.2, 0.25) is 0 Å². The fourth-order valence-corrected chi connectivity index (χ4v) is 1.89. The minimum absolute atomic E-state index is 0. The number of nitrogens with two attached hydrogens (primary N) is 1. The van der Waals surface area contributed by atoms with Crippen LogP contribution in [0.15, 0.2) is 12.1 Å². The van der Waals surface area contributed by atoms with Crippen LogP contribution in [0.1, 0.15) is 22.7 Å². The molecule has 1 aromatic heterocycles. The molecule has 0 saturated carbocycles. The fourth-order valence-electron chi connectivity index (χ4n) is 0.913. The van der Waals surface area contributed by atoms with Crippen LogP contribution in [0.25, 0.3) is 0 Å². The molecule has 0 unspecified atom stereocenters. The van der Waals surface area contributed by atoms with Crippen molar-refractivity contribution in [2.45, 2.75) is 25.6 Å². The van der Waals surface area contributed by atoms with Crippen molar-refractivity contribution < 1.29 is 13.2 Å². The summed E-state index contributed by atoms with van der Waals surface area (Å²) in [7, 11) is 0. The number of aryl methyl sites for hydroxylation is 1. The molecule has 1 rings (SSSR count). The van der Waals surface area contributed by atoms with Gasteiger partial charge in [0.25, 0.3) is 0 Å². The lowest BCUT2D eigenvalue weighted by molar-refractivity contribution is -0.148. The van der Waals surface area contributed by atoms with Gasteiger partial charge >= 0.3 is 6.18 Å². The summed E-state index contributed by atoms with van der Waals surface area (Å²) < 4.78 is 36.4. The van der Waals surface area contributed by atoms with Crippen molar-refractivity contribution in [3.05, 3.63) is 21.9 Å². The molecule has 0 amide bonds. The summed E-state index contributed by atoms with van der Waals surface area (Å²) in [5, 5.41) is 0. The molecule has 0 aliphatic rings. The van der Waals surface area contributed by atoms with Crippen LogP contribution in [0.5, 0.6) is 0 Å². The Labute approximate surface area is 90.5 Å². The number of hydrogen-bond donors (Lipinski definition) is 1. The number of rotatable bonds is 2. The van der Waals surface area contributed by atoms with Crippen LogP contribution in [-0.4, -0.2) is 6.18 Å². The molecule has 0 saturated heterocycles. The predicted octanol–water partition coefficient (Wildman–Crippen LogP) is 3.29. The molecule has 1 aromatic rings. The van der Waals surface area contributed by atoms with Gasteiger partial charge in [-0.3, -0.25) is 0 Å². The van der Waals surface area contributed by atoms with E-state index in [1.54, 1.807) is 6.07 Å². The molecule has 0 aliphatic carbocycles. The van der Waals surface area contributed by atoms with Gasteiger partial charge in [-0.2, -0.15) is 13.2 Å². The monoisotopic (exact) mass is 245 g/mol. The second-order valence-electron chi connectivity index (χ2n) is 2.68. The molecular formula is C8H11ClF3NS. The van der Waals surface area contributed by atoms with Gasteiger partial charge in [0.1, 0.15) is 6.04 Å². The molecule has 0 bridgehead atoms. The summed E-state index contributed by atoms with van der Waals surface area (Å²) in [6.07, 6.45) is -3.59. The number of hydrogen-bond acceptors (Lipinski definition) is 2. The first-order chi connectivity index (χ1) is 5.95. The van der Waals surface area contributed by atoms with E-state index in [2.05, 4.69) is 0 Å². The van der Waals surface area contributed by atoms with E-state index >= 15 is 0 Å². The Bertz CT molecular complexity index is 284. The molecule has 6 heteroatoms. The summed E-state index contributed by atoms with van der Waals surface area (Å²) in [5.74, 6) is 0. The highest BCUT2D eigenvalue weighted by atomic mass is 35.5. The quantitative estimate of drug-likeness (QED) is 0.850. The van der Waals surface area contributed by atoms with Gasteiger partial charge in [0, 0.05) is 9.75 Å². The van der Waals surface area contributed by atoms with E-state index < -0.39 is 12.2 Å². The first-order valence-corrected chi connectivity index (χ1v) is 4.67. The summed E-state index contributed by atoms with van der Waals surface area (Å²) in [6, 6.07) is 1.30. The lowest BCUT2D eigenvalue weighted by Gasteiger charge is -2.13. The summed E-state index contributed by atoms with van der Waals surface area (Å²) in [6.45, 7) is 1.90. The maximum Gasteiger partial charge on any atom is 0.408 e. The SMILES string of the molecule is CCc1ccc([C@H](N)C(F)(F)F)s1.Cl. The van der Waals surface area contributed by atoms with Crippen molar-refractivity contribution in [3.8, 4) is 0 Å². The maximum absolute atomic E-state index is 12.1. The van der Waals surface area contributed by atoms with Crippen LogP contribution < -0.4 is 5.73 Å². The molecule has 82 valence electrons. The molecule has 0 radical (unpaired) electrons. The zero-order valence-corrected chi connectivity index (χ0v) is 9.10. The lowest BCUT2D eigenvalue weighted by Crippen LogP contribution is -2.27. The zero-order valence-electron chi connectivity index (χ0n) is 7.47. The average molecular weight is 246 g/mol. The van der Waals surface area contributed by atoms with Crippen LogP contribution >= 0.6 is 23.7 Å². The minimum atomic E-state index is -4.34. The van der Waals surface area contributed by atoms with Crippen LogP contribution in [0, 0.1) is 0 Å². The third kappa shape index (κ3) is 3.15. The molecular weight excluding hydrogens is 235 g/mol. The van der Waals surface area contributed by atoms with Crippen molar-refractivity contribution in [2.75, 3.05) is 0 Å². The molecule has 0 aliphatic heterocycles. The number of halogens is 4. The predicted molar refractivity (Wildman–Crippen MR) is 53.9 cm³/mol. The van der Waals surface area contributed by atoms with Crippen molar-refractivity contribution in [3.63, 3.8) is 0 Å². The average Bonchev–Trinajstić information content (AvgIpc) is 2.48. The molecule has 0 spiro atoms. The van der Waals surface area contributed by atoms with E-state index in [9.17, 15) is 13.2 Å². The van der Waals surface area contributed by atoms with Gasteiger partial charge < -0.3 is 5.73 Å². The van der Waals surface area contributed by atoms with Gasteiger partial charge in [-0.1, -0.05) is 6.92 Å². The van der Waals surface area contributed by atoms with E-state index in [0.717, 1.165) is 22.6 Å². The van der Waals surface area contributed by atoms with Gasteiger partial charge in [-0.15, -0.1) is 23.7 Å². The van der Waals surface area contributed by atoms with Gasteiger partial charge in [-0.25, -0.2) is 0 Å². The van der Waals surface area contributed by atoms with E-state index in [1.807, 2.05) is 6.92 Å². The highest BCUT2D eigenvalue weighted by molar-refractivity contribution is 7.12. The van der Waals surface area contributed by atoms with Crippen molar-refractivity contribution >= 4 is 23.7 Å². The fraction of sp³-hybridized carbons (Fsp3) is 0.500. The maximum atomic E-state index is 12.1. The molecule has 1 atom stereocenters. The smallest absolute Gasteiger partial charge is 0.316 e. The van der Waals surface area contributed by atoms with E-state index in [1.165, 1.54) is 6.07 Å². The molecule has 14 heavy (non-hydrogen) atoms. The first kappa shape index (κ1) is 13.7. The Hall–Kier alpha value is -0.260. The van der Waals surface area contributed by atoms with Crippen LogP contribution in [-0.2, 0) is 6.42 Å². The van der Waals surface area contributed by atoms with Crippen molar-refractivity contribution in [1.82, 2.24) is 0 Å². The van der Waals surface area contributed by atoms with Gasteiger partial charge in [-0.05, 0) is 18.6 Å². The molecule has 2 N–H and O–H groups in total. The normalized spacial score (nSPS) is 13.5. The van der Waals surface area contributed by atoms with Gasteiger partial charge in [0.2, 0.25) is 0 Å². The first-order valence-electron chi connectivity index (χ1n) is 3.86. The van der Waals surface area contributed by atoms with E-state index in [0.29, 0.717) is 0 Å². The molecule has 1 nitrogen and oxygen atoms in total. The number of alkyl halides is 3. The van der Waals surface area contributed by atoms with Gasteiger partial charge in [0.15, 0.2) is 0 Å². The van der Waals surface area contributed by atoms with Crippen LogP contribution in [0.4, 0.5) is 13.2 Å². The summed E-state index contributed by atoms with van der Waals surface area (Å²) in [5.41, 5.74) is 5.03. The molecule has 0 aromatic carbocycles. The third-order valence-corrected chi connectivity index (χ3v) is 3.00. The Morgan fingerprint density at radius 2 is 2.00 bits per heavy atom. The number of thiophene rings is 1. The van der Waals surface area contributed by atoms with E-state index in [4.69, 9.17) is 5.73 Å². The van der Waals surface area contributed by atoms with Crippen molar-refractivity contribution in [2.24, 2.45) is 5.73 Å². The third-order valence-electron chi connectivity index (χ3n) is 1.69. The topological polar surface area (TPSA) is 26.0 Å². The lowest BCUT2D eigenvalue weighted by atomic mass is 10.2. The van der Waals surface area contributed by atoms with Crippen molar-refractivity contribution in [1.29, 1.82) is 0 Å². The highest BCUT2D eigenvalue weighted by Gasteiger charge is 2.38. The molecule has 0 fully saturated rings. The standard InChI is InChI=1S/C8H10F3NS.ClH/c1-2-5-3-4-6(13-5)7(12)8(9,10)11;/h3-4,7H,2,12H2,1H3;1H/t7-;/m0./s1. The largest absolute Gasteiger partial charge is 0.408 e. The Balaban J connectivity index is 0.00000169. The Kier molecular flexibility index (Phi) is 4.91. The highest BCUT2D eigenvalue weighted by Crippen LogP contribution is 2.34. The summed E-state index contributed by atoms with van der Waals surface area (Å²) >= 11 is 1.12. The minimum Gasteiger partial charge on any atom is -0.316 e. The second kappa shape index (κ2) is 5.00. The Morgan fingerprint density at radius 3 is 2.36 bits per heavy atom. The summed E-state index contributed by atoms with van der Waals surface area (Å²) in [4.78, 5) is 1.11. The van der Waals surface area contributed by atoms with Gasteiger partial charge in [0.05, 0.1) is 0 Å². The second-order valence-corrected chi connectivity index (χ2v) is 3.88.